The largest absolute Gasteiger partial charge is 0.229 e. The molecule has 12 atom stereocenters. The fourth-order valence-electron chi connectivity index (χ4n) is 36.2. The summed E-state index contributed by atoms with van der Waals surface area (Å²) in [5.41, 5.74) is 2.59. The maximum absolute atomic E-state index is 14.7. The van der Waals surface area contributed by atoms with Crippen molar-refractivity contribution >= 4 is 59.0 Å². The third-order valence-corrected chi connectivity index (χ3v) is 54.5. The van der Waals surface area contributed by atoms with Crippen LogP contribution in [0.2, 0.25) is 0 Å². The van der Waals surface area contributed by atoms with Crippen LogP contribution in [0.15, 0.2) is 23.3 Å². The Morgan fingerprint density at radius 3 is 0.437 bits per heavy atom. The SMILES string of the molecule is O=S1(=O)CC2CCC(CC2)C2C[C@H]3C[C@@H](C2)[C@H]2CC[C@H](CC2)CS(=O)(=O)C[C@@H]2CC[C@@H](CC2)[C@H]2CC4C[C@H](C2)[C@H]2CC[C@H](CC2)CS(=O)(=O)C[C@@H]2CC[C@@H](CC2)[C@H]2CC(C[C@H](C2)[C@H]2CC[C@H](CC2)CS(=O)(=O)C[C@@H]2CC[C@@H](CC2)C2CC(C[C@H](C2)[C@H]2CC[C@H](CC2)CS(=O)(=O)CC2=CC=C3CC2)[C@H]2CC[C@H](CC2)CS(=O)(=O)C[C@@H]2CC[C@H]4CC2)C2CCC(CC2)C1. The monoisotopic (exact) mass is 1860 g/mol. The molecule has 0 N–H and O–H groups in total. The number of sulfone groups is 6. The van der Waals surface area contributed by atoms with Gasteiger partial charge in [-0.1, -0.05) is 23.3 Å². The van der Waals surface area contributed by atoms with Crippen LogP contribution in [0.4, 0.5) is 0 Å². The number of hydrogen-bond acceptors (Lipinski definition) is 12. The Morgan fingerprint density at radius 1 is 0.151 bits per heavy atom. The molecule has 56 aliphatic rings. The number of allylic oxidation sites excluding steroid dienone is 3. The molecule has 0 aromatic carbocycles. The lowest BCUT2D eigenvalue weighted by Gasteiger charge is -2.48. The molecule has 39 fully saturated rings. The van der Waals surface area contributed by atoms with Crippen molar-refractivity contribution in [2.24, 2.45) is 201 Å². The van der Waals surface area contributed by atoms with Gasteiger partial charge in [-0.05, 0) is 574 Å². The first-order chi connectivity index (χ1) is 60.5. The van der Waals surface area contributed by atoms with E-state index in [1.165, 1.54) is 82.6 Å². The van der Waals surface area contributed by atoms with E-state index in [1.807, 2.05) is 0 Å². The minimum atomic E-state index is -3.34. The van der Waals surface area contributed by atoms with Crippen LogP contribution in [0.5, 0.6) is 0 Å². The molecule has 5 unspecified atom stereocenters. The summed E-state index contributed by atoms with van der Waals surface area (Å²) in [5.74, 6) is 20.2. The lowest BCUT2D eigenvalue weighted by Crippen LogP contribution is -2.39. The maximum atomic E-state index is 14.7. The second kappa shape index (κ2) is 40.7. The van der Waals surface area contributed by atoms with Crippen molar-refractivity contribution in [3.05, 3.63) is 23.3 Å². The van der Waals surface area contributed by atoms with Crippen molar-refractivity contribution in [3.63, 3.8) is 0 Å². The van der Waals surface area contributed by atoms with E-state index in [0.717, 1.165) is 301 Å². The van der Waals surface area contributed by atoms with Gasteiger partial charge in [0.1, 0.15) is 0 Å². The van der Waals surface area contributed by atoms with E-state index in [1.54, 1.807) is 0 Å². The van der Waals surface area contributed by atoms with E-state index in [2.05, 4.69) is 12.2 Å². The van der Waals surface area contributed by atoms with E-state index in [-0.39, 0.29) is 76.6 Å². The molecule has 56 rings (SSSR count). The first-order valence-corrected chi connectivity index (χ1v) is 66.1. The highest BCUT2D eigenvalue weighted by molar-refractivity contribution is 7.92. The molecule has 36 bridgehead atoms. The van der Waals surface area contributed by atoms with Crippen LogP contribution < -0.4 is 0 Å². The Balaban J connectivity index is 0.620. The standard InChI is InChI=1S/C108H176O12S6/c109-121(110)61-73-1-25-85(26-2-73)97-49-98-51-99(50-97)87-31-7-76(8-32-87)64-123(113,114)66-78-15-39-92(40-16-78)104-56-106-60-108(58-104)96-47-23-84(24-48-96)72-126(119,120)71-83-21-45-95(46-22-83)107-57-103(91-37-13-77(14-38-91)65-122(111,112)63-75-5-29-86(98)30-6-75)55-105(59-107)93-41-17-81(18-42-93)69-124(115,116)67-79-9-33-89(34-10-79)101-52-100(88-27-3-74(62-121)4-28-88)53-102(54-101)90-35-11-80(12-36-90)68-125(117,118)70-82-19-43-94(106)44-20-82/h1,25,74-84,86-108H,2-24,26-72H2/t74-,75-,76?,77-,78?,79-,80-,81-,82-,83-,84-,86+,87?,88+,89+,90+,91+,92?,93+,94+,95+,96+,97-,98+,99?,100-,101?,102?,103+,104?,105?,106-,107+,108+/m1/s1. The van der Waals surface area contributed by atoms with Crippen molar-refractivity contribution in [2.45, 2.75) is 372 Å². The van der Waals surface area contributed by atoms with Gasteiger partial charge in [-0.25, -0.2) is 50.5 Å². The van der Waals surface area contributed by atoms with Crippen molar-refractivity contribution in [3.8, 4) is 0 Å². The van der Waals surface area contributed by atoms with E-state index in [0.29, 0.717) is 194 Å². The van der Waals surface area contributed by atoms with E-state index < -0.39 is 59.0 Å². The highest BCUT2D eigenvalue weighted by Crippen LogP contribution is 2.59. The number of hydrogen-bond donors (Lipinski definition) is 0. The molecule has 18 heteroatoms. The minimum absolute atomic E-state index is 0.161. The molecule has 40 aliphatic heterocycles. The second-order valence-electron chi connectivity index (χ2n) is 51.0. The Hall–Kier alpha value is -0.820. The molecular weight excluding hydrogens is 1680 g/mol. The molecule has 0 radical (unpaired) electrons. The third kappa shape index (κ3) is 24.3. The average Bonchev–Trinajstić information content (AvgIpc) is 0.801. The van der Waals surface area contributed by atoms with E-state index in [4.69, 9.17) is 0 Å². The molecule has 0 spiro atoms. The van der Waals surface area contributed by atoms with Gasteiger partial charge >= 0.3 is 0 Å². The van der Waals surface area contributed by atoms with E-state index >= 15 is 0 Å². The van der Waals surface area contributed by atoms with E-state index in [9.17, 15) is 50.5 Å². The van der Waals surface area contributed by atoms with Gasteiger partial charge in [0.25, 0.3) is 0 Å². The first kappa shape index (κ1) is 94.2. The summed E-state index contributed by atoms with van der Waals surface area (Å²) in [5, 5.41) is 0. The van der Waals surface area contributed by atoms with Gasteiger partial charge in [-0.3, -0.25) is 0 Å². The molecule has 16 aliphatic carbocycles. The average molecular weight is 1860 g/mol. The molecule has 0 aromatic rings. The van der Waals surface area contributed by atoms with Crippen LogP contribution in [0.1, 0.15) is 372 Å². The zero-order valence-electron chi connectivity index (χ0n) is 78.6. The summed E-state index contributed by atoms with van der Waals surface area (Å²) >= 11 is 0. The fourth-order valence-corrected chi connectivity index (χ4v) is 49.4. The molecule has 716 valence electrons. The Labute approximate surface area is 769 Å². The Kier molecular flexibility index (Phi) is 30.4. The van der Waals surface area contributed by atoms with Gasteiger partial charge in [0, 0.05) is 0 Å². The minimum Gasteiger partial charge on any atom is -0.229 e. The Morgan fingerprint density at radius 2 is 0.294 bits per heavy atom. The lowest BCUT2D eigenvalue weighted by molar-refractivity contribution is 0.0345. The molecule has 15 saturated carbocycles. The predicted octanol–water partition coefficient (Wildman–Crippen LogP) is 24.2. The topological polar surface area (TPSA) is 205 Å². The zero-order valence-corrected chi connectivity index (χ0v) is 83.5. The van der Waals surface area contributed by atoms with Crippen LogP contribution in [0, 0.1) is 201 Å². The zero-order chi connectivity index (χ0) is 86.7. The molecule has 12 nitrogen and oxygen atoms in total. The summed E-state index contributed by atoms with van der Waals surface area (Å²) in [6.07, 6.45) is 68.1. The van der Waals surface area contributed by atoms with Crippen LogP contribution >= 0.6 is 0 Å². The highest BCUT2D eigenvalue weighted by atomic mass is 32.2. The van der Waals surface area contributed by atoms with Crippen LogP contribution in [-0.2, 0) is 59.0 Å². The molecule has 0 amide bonds. The van der Waals surface area contributed by atoms with Crippen LogP contribution in [-0.4, -0.2) is 120 Å². The molecule has 40 heterocycles. The van der Waals surface area contributed by atoms with Gasteiger partial charge in [-0.2, -0.15) is 0 Å². The van der Waals surface area contributed by atoms with Gasteiger partial charge in [0.2, 0.25) is 0 Å². The summed E-state index contributed by atoms with van der Waals surface area (Å²) in [6, 6.07) is 0. The molecule has 126 heavy (non-hydrogen) atoms. The smallest absolute Gasteiger partial charge is 0.154 e. The molecular formula is C108H176O12S6. The van der Waals surface area contributed by atoms with Crippen LogP contribution in [0.25, 0.3) is 0 Å². The van der Waals surface area contributed by atoms with Crippen molar-refractivity contribution in [1.82, 2.24) is 0 Å². The normalized spacial score (nSPS) is 48.1. The Bertz CT molecular complexity index is 4100. The van der Waals surface area contributed by atoms with Crippen molar-refractivity contribution in [2.75, 3.05) is 69.0 Å². The number of rotatable bonds is 0. The van der Waals surface area contributed by atoms with Gasteiger partial charge in [-0.15, -0.1) is 0 Å². The molecule has 0 aromatic heterocycles. The highest BCUT2D eigenvalue weighted by Gasteiger charge is 2.50. The first-order valence-electron chi connectivity index (χ1n) is 55.1. The second-order valence-corrected chi connectivity index (χ2v) is 63.9. The molecule has 24 saturated heterocycles. The third-order valence-electron chi connectivity index (χ3n) is 43.0. The summed E-state index contributed by atoms with van der Waals surface area (Å²) in [7, 11) is -19.6. The quantitative estimate of drug-likeness (QED) is 0.222. The summed E-state index contributed by atoms with van der Waals surface area (Å²) < 4.78 is 176. The van der Waals surface area contributed by atoms with Gasteiger partial charge in [0.05, 0.1) is 69.0 Å². The van der Waals surface area contributed by atoms with Gasteiger partial charge < -0.3 is 0 Å². The summed E-state index contributed by atoms with van der Waals surface area (Å²) in [4.78, 5) is 0. The lowest BCUT2D eigenvalue weighted by atomic mass is 9.58. The van der Waals surface area contributed by atoms with Crippen molar-refractivity contribution in [1.29, 1.82) is 0 Å². The maximum Gasteiger partial charge on any atom is 0.154 e. The predicted molar refractivity (Wildman–Crippen MR) is 515 cm³/mol. The van der Waals surface area contributed by atoms with Crippen molar-refractivity contribution < 1.29 is 50.5 Å². The van der Waals surface area contributed by atoms with Gasteiger partial charge in [0.15, 0.2) is 59.0 Å². The summed E-state index contributed by atoms with van der Waals surface area (Å²) in [6.45, 7) is 0. The van der Waals surface area contributed by atoms with Crippen LogP contribution in [0.3, 0.4) is 0 Å². The fraction of sp³-hybridized carbons (Fsp3) is 0.963.